The molecule has 0 unspecified atom stereocenters. The number of benzene rings is 1. The van der Waals surface area contributed by atoms with Crippen LogP contribution in [0.5, 0.6) is 0 Å². The molecular weight excluding hydrogens is 225 g/mol. The summed E-state index contributed by atoms with van der Waals surface area (Å²) >= 11 is 0. The average molecular weight is 239 g/mol. The van der Waals surface area contributed by atoms with Gasteiger partial charge in [-0.1, -0.05) is 18.2 Å². The Kier molecular flexibility index (Phi) is 4.63. The number of ether oxygens (including phenoxy) is 1. The van der Waals surface area contributed by atoms with Crippen LogP contribution in [-0.4, -0.2) is 25.0 Å². The lowest BCUT2D eigenvalue weighted by Crippen LogP contribution is -2.42. The highest BCUT2D eigenvalue weighted by Crippen LogP contribution is 2.09. The molecule has 0 aromatic heterocycles. The van der Waals surface area contributed by atoms with E-state index in [1.807, 2.05) is 0 Å². The maximum atomic E-state index is 13.4. The van der Waals surface area contributed by atoms with Gasteiger partial charge in [-0.2, -0.15) is 0 Å². The quantitative estimate of drug-likeness (QED) is 0.799. The second-order valence-corrected chi connectivity index (χ2v) is 3.57. The van der Waals surface area contributed by atoms with Gasteiger partial charge in [0.25, 0.3) is 0 Å². The van der Waals surface area contributed by atoms with Crippen LogP contribution < -0.4 is 5.32 Å². The summed E-state index contributed by atoms with van der Waals surface area (Å²) < 4.78 is 17.9. The molecule has 0 aliphatic carbocycles. The lowest BCUT2D eigenvalue weighted by atomic mass is 10.1. The minimum Gasteiger partial charge on any atom is -0.467 e. The Bertz CT molecular complexity index is 420. The molecule has 1 aromatic rings. The molecule has 5 heteroatoms. The van der Waals surface area contributed by atoms with E-state index >= 15 is 0 Å². The van der Waals surface area contributed by atoms with Crippen molar-refractivity contribution in [1.82, 2.24) is 5.32 Å². The third-order valence-corrected chi connectivity index (χ3v) is 2.25. The van der Waals surface area contributed by atoms with Gasteiger partial charge < -0.3 is 10.1 Å². The van der Waals surface area contributed by atoms with Gasteiger partial charge in [-0.15, -0.1) is 0 Å². The van der Waals surface area contributed by atoms with Gasteiger partial charge >= 0.3 is 5.97 Å². The third-order valence-electron chi connectivity index (χ3n) is 2.25. The van der Waals surface area contributed by atoms with E-state index in [0.717, 1.165) is 0 Å². The van der Waals surface area contributed by atoms with Gasteiger partial charge in [0, 0.05) is 13.3 Å². The standard InChI is InChI=1S/C12H14FNO3/c1-8(15)14-11(12(16)17-2)7-9-5-3-4-6-10(9)13/h3-6,11H,7H2,1-2H3,(H,14,15)/t11-/m1/s1. The van der Waals surface area contributed by atoms with E-state index in [0.29, 0.717) is 5.56 Å². The number of rotatable bonds is 4. The summed E-state index contributed by atoms with van der Waals surface area (Å²) in [5.74, 6) is -1.37. The highest BCUT2D eigenvalue weighted by Gasteiger charge is 2.21. The van der Waals surface area contributed by atoms with Crippen LogP contribution in [0, 0.1) is 5.82 Å². The van der Waals surface area contributed by atoms with Gasteiger partial charge in [-0.05, 0) is 11.6 Å². The first-order valence-corrected chi connectivity index (χ1v) is 5.13. The molecular formula is C12H14FNO3. The highest BCUT2D eigenvalue weighted by molar-refractivity contribution is 5.83. The van der Waals surface area contributed by atoms with Crippen LogP contribution in [-0.2, 0) is 20.7 Å². The molecule has 1 amide bonds. The number of halogens is 1. The molecule has 17 heavy (non-hydrogen) atoms. The van der Waals surface area contributed by atoms with Gasteiger partial charge in [-0.3, -0.25) is 4.79 Å². The smallest absolute Gasteiger partial charge is 0.328 e. The number of hydrogen-bond donors (Lipinski definition) is 1. The van der Waals surface area contributed by atoms with Crippen LogP contribution in [0.25, 0.3) is 0 Å². The predicted octanol–water partition coefficient (Wildman–Crippen LogP) is 1.05. The molecule has 1 N–H and O–H groups in total. The molecule has 4 nitrogen and oxygen atoms in total. The number of nitrogens with one attached hydrogen (secondary N) is 1. The molecule has 1 atom stereocenters. The normalized spacial score (nSPS) is 11.7. The fraction of sp³-hybridized carbons (Fsp3) is 0.333. The lowest BCUT2D eigenvalue weighted by Gasteiger charge is -2.15. The second-order valence-electron chi connectivity index (χ2n) is 3.57. The van der Waals surface area contributed by atoms with Crippen LogP contribution in [0.4, 0.5) is 4.39 Å². The minimum absolute atomic E-state index is 0.0684. The lowest BCUT2D eigenvalue weighted by molar-refractivity contribution is -0.144. The van der Waals surface area contributed by atoms with Crippen LogP contribution in [0.2, 0.25) is 0 Å². The maximum Gasteiger partial charge on any atom is 0.328 e. The summed E-state index contributed by atoms with van der Waals surface area (Å²) in [6.07, 6.45) is 0.0684. The van der Waals surface area contributed by atoms with Gasteiger partial charge in [-0.25, -0.2) is 9.18 Å². The van der Waals surface area contributed by atoms with E-state index in [4.69, 9.17) is 0 Å². The predicted molar refractivity (Wildman–Crippen MR) is 59.7 cm³/mol. The van der Waals surface area contributed by atoms with Crippen molar-refractivity contribution in [2.75, 3.05) is 7.11 Å². The zero-order chi connectivity index (χ0) is 12.8. The molecule has 1 aromatic carbocycles. The minimum atomic E-state index is -0.866. The number of amides is 1. The van der Waals surface area contributed by atoms with Crippen LogP contribution in [0.15, 0.2) is 24.3 Å². The van der Waals surface area contributed by atoms with Crippen molar-refractivity contribution in [3.05, 3.63) is 35.6 Å². The Morgan fingerprint density at radius 2 is 2.06 bits per heavy atom. The molecule has 0 heterocycles. The molecule has 92 valence electrons. The summed E-state index contributed by atoms with van der Waals surface area (Å²) in [6, 6.07) is 5.23. The Morgan fingerprint density at radius 1 is 1.41 bits per heavy atom. The zero-order valence-corrected chi connectivity index (χ0v) is 9.70. The Morgan fingerprint density at radius 3 is 2.59 bits per heavy atom. The first-order valence-electron chi connectivity index (χ1n) is 5.13. The third kappa shape index (κ3) is 3.86. The number of carbonyl (C=O) groups excluding carboxylic acids is 2. The van der Waals surface area contributed by atoms with Crippen LogP contribution in [0.1, 0.15) is 12.5 Å². The molecule has 0 saturated heterocycles. The van der Waals surface area contributed by atoms with Crippen molar-refractivity contribution in [3.63, 3.8) is 0 Å². The fourth-order valence-electron chi connectivity index (χ4n) is 1.46. The monoisotopic (exact) mass is 239 g/mol. The average Bonchev–Trinajstić information content (AvgIpc) is 2.29. The van der Waals surface area contributed by atoms with Crippen molar-refractivity contribution >= 4 is 11.9 Å². The molecule has 0 aliphatic heterocycles. The molecule has 0 radical (unpaired) electrons. The largest absolute Gasteiger partial charge is 0.467 e. The van der Waals surface area contributed by atoms with Crippen LogP contribution >= 0.6 is 0 Å². The topological polar surface area (TPSA) is 55.4 Å². The molecule has 0 spiro atoms. The van der Waals surface area contributed by atoms with Crippen molar-refractivity contribution in [2.24, 2.45) is 0 Å². The van der Waals surface area contributed by atoms with Gasteiger partial charge in [0.2, 0.25) is 5.91 Å². The summed E-state index contributed by atoms with van der Waals surface area (Å²) in [5.41, 5.74) is 0.358. The maximum absolute atomic E-state index is 13.4. The second kappa shape index (κ2) is 5.98. The molecule has 0 fully saturated rings. The van der Waals surface area contributed by atoms with E-state index in [2.05, 4.69) is 10.1 Å². The number of esters is 1. The first-order chi connectivity index (χ1) is 8.04. The Labute approximate surface area is 98.8 Å². The van der Waals surface area contributed by atoms with Crippen molar-refractivity contribution in [1.29, 1.82) is 0 Å². The van der Waals surface area contributed by atoms with Gasteiger partial charge in [0.15, 0.2) is 0 Å². The highest BCUT2D eigenvalue weighted by atomic mass is 19.1. The van der Waals surface area contributed by atoms with Gasteiger partial charge in [0.05, 0.1) is 7.11 Å². The Balaban J connectivity index is 2.82. The molecule has 0 saturated carbocycles. The zero-order valence-electron chi connectivity index (χ0n) is 9.70. The van der Waals surface area contributed by atoms with E-state index in [9.17, 15) is 14.0 Å². The number of carbonyl (C=O) groups is 2. The van der Waals surface area contributed by atoms with Crippen LogP contribution in [0.3, 0.4) is 0 Å². The number of hydrogen-bond acceptors (Lipinski definition) is 3. The van der Waals surface area contributed by atoms with E-state index < -0.39 is 17.8 Å². The van der Waals surface area contributed by atoms with E-state index in [1.54, 1.807) is 18.2 Å². The van der Waals surface area contributed by atoms with Crippen molar-refractivity contribution < 1.29 is 18.7 Å². The fourth-order valence-corrected chi connectivity index (χ4v) is 1.46. The summed E-state index contributed by atoms with van der Waals surface area (Å²) in [5, 5.41) is 2.43. The molecule has 1 rings (SSSR count). The first kappa shape index (κ1) is 13.2. The molecule has 0 aliphatic rings. The van der Waals surface area contributed by atoms with E-state index in [-0.39, 0.29) is 12.3 Å². The summed E-state index contributed by atoms with van der Waals surface area (Å²) in [4.78, 5) is 22.3. The van der Waals surface area contributed by atoms with E-state index in [1.165, 1.54) is 20.1 Å². The van der Waals surface area contributed by atoms with Crippen molar-refractivity contribution in [2.45, 2.75) is 19.4 Å². The molecule has 0 bridgehead atoms. The summed E-state index contributed by atoms with van der Waals surface area (Å²) in [7, 11) is 1.22. The van der Waals surface area contributed by atoms with Crippen molar-refractivity contribution in [3.8, 4) is 0 Å². The van der Waals surface area contributed by atoms with Gasteiger partial charge in [0.1, 0.15) is 11.9 Å². The Hall–Kier alpha value is -1.91. The SMILES string of the molecule is COC(=O)[C@@H](Cc1ccccc1F)NC(C)=O. The summed E-state index contributed by atoms with van der Waals surface area (Å²) in [6.45, 7) is 1.29. The number of methoxy groups -OCH3 is 1.